The summed E-state index contributed by atoms with van der Waals surface area (Å²) in [7, 11) is 0. The fraction of sp³-hybridized carbons (Fsp3) is 0. The predicted molar refractivity (Wildman–Crippen MR) is 250 cm³/mol. The molecule has 0 aliphatic carbocycles. The number of rotatable bonds is 4. The first-order chi connectivity index (χ1) is 30.3. The fourth-order valence-electron chi connectivity index (χ4n) is 10.1. The summed E-state index contributed by atoms with van der Waals surface area (Å²) in [6.07, 6.45) is 0. The van der Waals surface area contributed by atoms with Crippen LogP contribution >= 0.6 is 0 Å². The molecule has 14 aromatic rings. The summed E-state index contributed by atoms with van der Waals surface area (Å²) >= 11 is 0. The molecular weight excluding hydrogens is 747 g/mol. The van der Waals surface area contributed by atoms with Crippen molar-refractivity contribution in [2.75, 3.05) is 0 Å². The van der Waals surface area contributed by atoms with Crippen LogP contribution in [0.15, 0.2) is 192 Å². The summed E-state index contributed by atoms with van der Waals surface area (Å²) in [5.74, 6) is 1.82. The van der Waals surface area contributed by atoms with E-state index in [9.17, 15) is 0 Å². The van der Waals surface area contributed by atoms with E-state index in [-0.39, 0.29) is 0 Å². The van der Waals surface area contributed by atoms with E-state index in [0.717, 1.165) is 66.1 Å². The number of aromatic nitrogens is 5. The number of furan rings is 1. The first-order valence-corrected chi connectivity index (χ1v) is 20.6. The third-order valence-electron chi connectivity index (χ3n) is 12.7. The molecule has 5 aromatic heterocycles. The maximum absolute atomic E-state index is 6.99. The first-order valence-electron chi connectivity index (χ1n) is 20.6. The van der Waals surface area contributed by atoms with Crippen molar-refractivity contribution in [3.63, 3.8) is 0 Å². The third kappa shape index (κ3) is 4.48. The Morgan fingerprint density at radius 3 is 1.84 bits per heavy atom. The van der Waals surface area contributed by atoms with Crippen LogP contribution in [0.4, 0.5) is 0 Å². The van der Waals surface area contributed by atoms with Crippen LogP contribution < -0.4 is 0 Å². The average molecular weight is 778 g/mol. The Labute approximate surface area is 347 Å². The number of benzene rings is 9. The largest absolute Gasteiger partial charge is 0.454 e. The fourth-order valence-corrected chi connectivity index (χ4v) is 10.1. The van der Waals surface area contributed by atoms with Crippen LogP contribution in [0.5, 0.6) is 0 Å². The minimum atomic E-state index is 0.584. The number of nitrogens with zero attached hydrogens (tertiary/aromatic N) is 5. The molecule has 0 amide bonds. The van der Waals surface area contributed by atoms with Crippen LogP contribution in [-0.4, -0.2) is 23.9 Å². The standard InChI is InChI=1S/C55H31N5O/c1-2-15-33(16-3-1)53-56-54(39-24-12-17-32-14-4-5-18-34(32)39)58-55(57-53)41-28-29-46(52-50(41)40-21-8-11-27-49(40)61-52)59-44-25-9-7-20-36(44)42-30-43-38-23-13-22-37-35-19-6-10-26-45(35)60(51(37)38)48(43)31-47(42)59/h1-31H. The van der Waals surface area contributed by atoms with Crippen molar-refractivity contribution < 1.29 is 4.42 Å². The molecule has 14 rings (SSSR count). The highest BCUT2D eigenvalue weighted by atomic mass is 16.3. The summed E-state index contributed by atoms with van der Waals surface area (Å²) in [6.45, 7) is 0. The molecule has 0 fully saturated rings. The second kappa shape index (κ2) is 12.1. The van der Waals surface area contributed by atoms with E-state index in [1.807, 2.05) is 30.3 Å². The highest BCUT2D eigenvalue weighted by molar-refractivity contribution is 6.26. The SMILES string of the molecule is c1ccc(-c2nc(-c3cccc4ccccc34)nc(-c3ccc(-n4c5ccccc5c5cc6c7cccc8c9ccccc9n(c6cc54)c87)c4oc5ccccc5c34)n2)cc1. The van der Waals surface area contributed by atoms with Crippen molar-refractivity contribution in [2.24, 2.45) is 0 Å². The zero-order chi connectivity index (χ0) is 39.8. The Morgan fingerprint density at radius 2 is 0.984 bits per heavy atom. The van der Waals surface area contributed by atoms with Crippen LogP contribution in [0.25, 0.3) is 132 Å². The van der Waals surface area contributed by atoms with Gasteiger partial charge in [0.15, 0.2) is 23.1 Å². The van der Waals surface area contributed by atoms with Crippen LogP contribution in [-0.2, 0) is 0 Å². The van der Waals surface area contributed by atoms with E-state index in [0.29, 0.717) is 17.5 Å². The van der Waals surface area contributed by atoms with Gasteiger partial charge in [0.2, 0.25) is 0 Å². The van der Waals surface area contributed by atoms with Gasteiger partial charge in [-0.1, -0.05) is 146 Å². The van der Waals surface area contributed by atoms with Crippen molar-refractivity contribution in [3.05, 3.63) is 188 Å². The first kappa shape index (κ1) is 32.6. The van der Waals surface area contributed by atoms with Gasteiger partial charge >= 0.3 is 0 Å². The molecule has 0 N–H and O–H groups in total. The van der Waals surface area contributed by atoms with Crippen molar-refractivity contribution in [2.45, 2.75) is 0 Å². The van der Waals surface area contributed by atoms with Crippen LogP contribution in [0, 0.1) is 0 Å². The second-order valence-corrected chi connectivity index (χ2v) is 15.9. The normalized spacial score (nSPS) is 12.3. The lowest BCUT2D eigenvalue weighted by molar-refractivity contribution is 0.666. The molecule has 0 saturated heterocycles. The third-order valence-corrected chi connectivity index (χ3v) is 12.7. The number of hydrogen-bond acceptors (Lipinski definition) is 4. The zero-order valence-electron chi connectivity index (χ0n) is 32.5. The molecular formula is C55H31N5O. The Kier molecular flexibility index (Phi) is 6.46. The summed E-state index contributed by atoms with van der Waals surface area (Å²) in [6, 6.07) is 66.4. The van der Waals surface area contributed by atoms with Gasteiger partial charge in [0.1, 0.15) is 5.58 Å². The Hall–Kier alpha value is -8.35. The van der Waals surface area contributed by atoms with Gasteiger partial charge in [-0.2, -0.15) is 0 Å². The molecule has 0 spiro atoms. The molecule has 0 aliphatic heterocycles. The molecule has 6 nitrogen and oxygen atoms in total. The van der Waals surface area contributed by atoms with E-state index in [1.165, 1.54) is 48.9 Å². The summed E-state index contributed by atoms with van der Waals surface area (Å²) in [5, 5.41) is 11.6. The van der Waals surface area contributed by atoms with Crippen molar-refractivity contribution in [1.29, 1.82) is 0 Å². The number of fused-ring (bicyclic) bond motifs is 13. The molecule has 0 saturated carbocycles. The van der Waals surface area contributed by atoms with Gasteiger partial charge in [-0.05, 0) is 53.2 Å². The smallest absolute Gasteiger partial charge is 0.164 e. The predicted octanol–water partition coefficient (Wildman–Crippen LogP) is 14.2. The molecule has 61 heavy (non-hydrogen) atoms. The molecule has 9 aromatic carbocycles. The monoisotopic (exact) mass is 777 g/mol. The van der Waals surface area contributed by atoms with Crippen molar-refractivity contribution in [3.8, 4) is 39.9 Å². The van der Waals surface area contributed by atoms with Gasteiger partial charge in [0.25, 0.3) is 0 Å². The molecule has 0 atom stereocenters. The summed E-state index contributed by atoms with van der Waals surface area (Å²) in [5.41, 5.74) is 11.2. The van der Waals surface area contributed by atoms with E-state index in [4.69, 9.17) is 19.4 Å². The molecule has 282 valence electrons. The van der Waals surface area contributed by atoms with Gasteiger partial charge in [0, 0.05) is 59.8 Å². The quantitative estimate of drug-likeness (QED) is 0.179. The van der Waals surface area contributed by atoms with Crippen LogP contribution in [0.3, 0.4) is 0 Å². The molecule has 0 unspecified atom stereocenters. The van der Waals surface area contributed by atoms with Crippen LogP contribution in [0.1, 0.15) is 0 Å². The number of para-hydroxylation sites is 4. The van der Waals surface area contributed by atoms with E-state index in [1.54, 1.807) is 0 Å². The summed E-state index contributed by atoms with van der Waals surface area (Å²) in [4.78, 5) is 15.7. The minimum Gasteiger partial charge on any atom is -0.454 e. The van der Waals surface area contributed by atoms with Crippen LogP contribution in [0.2, 0.25) is 0 Å². The molecule has 5 heterocycles. The van der Waals surface area contributed by atoms with Crippen molar-refractivity contribution in [1.82, 2.24) is 23.9 Å². The van der Waals surface area contributed by atoms with Gasteiger partial charge in [-0.25, -0.2) is 15.0 Å². The highest BCUT2D eigenvalue weighted by Crippen LogP contribution is 2.45. The minimum absolute atomic E-state index is 0.584. The van der Waals surface area contributed by atoms with Gasteiger partial charge in [-0.3, -0.25) is 0 Å². The van der Waals surface area contributed by atoms with Gasteiger partial charge < -0.3 is 13.4 Å². The Bertz CT molecular complexity index is 4110. The van der Waals surface area contributed by atoms with Gasteiger partial charge in [-0.15, -0.1) is 0 Å². The molecule has 0 radical (unpaired) electrons. The maximum atomic E-state index is 6.99. The Morgan fingerprint density at radius 1 is 0.377 bits per heavy atom. The molecule has 6 heteroatoms. The lowest BCUT2D eigenvalue weighted by Crippen LogP contribution is -2.01. The average Bonchev–Trinajstić information content (AvgIpc) is 4.07. The maximum Gasteiger partial charge on any atom is 0.164 e. The van der Waals surface area contributed by atoms with E-state index in [2.05, 4.69) is 167 Å². The lowest BCUT2D eigenvalue weighted by Gasteiger charge is -2.13. The topological polar surface area (TPSA) is 61.2 Å². The van der Waals surface area contributed by atoms with E-state index >= 15 is 0 Å². The Balaban J connectivity index is 1.08. The second-order valence-electron chi connectivity index (χ2n) is 15.9. The van der Waals surface area contributed by atoms with Crippen molar-refractivity contribution >= 4 is 92.6 Å². The highest BCUT2D eigenvalue weighted by Gasteiger charge is 2.25. The zero-order valence-corrected chi connectivity index (χ0v) is 32.5. The van der Waals surface area contributed by atoms with Gasteiger partial charge in [0.05, 0.1) is 33.3 Å². The number of hydrogen-bond donors (Lipinski definition) is 0. The summed E-state index contributed by atoms with van der Waals surface area (Å²) < 4.78 is 11.8. The molecule has 0 bridgehead atoms. The van der Waals surface area contributed by atoms with E-state index < -0.39 is 0 Å². The molecule has 0 aliphatic rings. The lowest BCUT2D eigenvalue weighted by atomic mass is 10.0.